The number of aryl methyl sites for hydroxylation is 1. The molecule has 0 unspecified atom stereocenters. The lowest BCUT2D eigenvalue weighted by molar-refractivity contribution is 1.08. The smallest absolute Gasteiger partial charge is 0.144 e. The maximum Gasteiger partial charge on any atom is 0.144 e. The van der Waals surface area contributed by atoms with E-state index in [0.717, 1.165) is 22.3 Å². The summed E-state index contributed by atoms with van der Waals surface area (Å²) in [5.41, 5.74) is 3.54. The maximum atomic E-state index is 9.20. The summed E-state index contributed by atoms with van der Waals surface area (Å²) in [6.45, 7) is 2.02. The van der Waals surface area contributed by atoms with Crippen LogP contribution in [0.2, 0.25) is 0 Å². The molecular weight excluding hydrogens is 222 g/mol. The Balaban J connectivity index is 2.33. The van der Waals surface area contributed by atoms with Crippen LogP contribution in [0, 0.1) is 18.3 Å². The molecule has 0 radical (unpaired) electrons. The second-order valence-electron chi connectivity index (χ2n) is 4.23. The highest BCUT2D eigenvalue weighted by Crippen LogP contribution is 2.21. The summed E-state index contributed by atoms with van der Waals surface area (Å²) < 4.78 is 1.96. The molecule has 0 N–H and O–H groups in total. The molecule has 0 aliphatic carbocycles. The topological polar surface area (TPSA) is 41.6 Å². The summed E-state index contributed by atoms with van der Waals surface area (Å²) in [7, 11) is 0. The minimum absolute atomic E-state index is 0.656. The number of rotatable bonds is 1. The van der Waals surface area contributed by atoms with Crippen LogP contribution >= 0.6 is 0 Å². The molecule has 3 nitrogen and oxygen atoms in total. The fourth-order valence-corrected chi connectivity index (χ4v) is 2.10. The molecule has 0 aliphatic heterocycles. The van der Waals surface area contributed by atoms with Gasteiger partial charge >= 0.3 is 0 Å². The first-order chi connectivity index (χ1) is 8.79. The standard InChI is InChI=1S/C15H11N3/c1-11-4-5-13(10-16)14(9-11)18-8-6-12-3-2-7-17-15(12)18/h2-9H,1H3. The number of aromatic nitrogens is 2. The summed E-state index contributed by atoms with van der Waals surface area (Å²) in [5, 5.41) is 10.3. The first-order valence-corrected chi connectivity index (χ1v) is 5.73. The van der Waals surface area contributed by atoms with Crippen molar-refractivity contribution in [3.05, 3.63) is 59.9 Å². The molecule has 0 saturated heterocycles. The number of hydrogen-bond acceptors (Lipinski definition) is 2. The van der Waals surface area contributed by atoms with E-state index >= 15 is 0 Å². The number of nitrogens with zero attached hydrogens (tertiary/aromatic N) is 3. The molecule has 0 bridgehead atoms. The van der Waals surface area contributed by atoms with Crippen LogP contribution in [-0.4, -0.2) is 9.55 Å². The predicted octanol–water partition coefficient (Wildman–Crippen LogP) is 3.21. The van der Waals surface area contributed by atoms with Gasteiger partial charge in [-0.2, -0.15) is 5.26 Å². The van der Waals surface area contributed by atoms with Crippen molar-refractivity contribution in [1.82, 2.24) is 9.55 Å². The van der Waals surface area contributed by atoms with Crippen LogP contribution in [0.3, 0.4) is 0 Å². The second kappa shape index (κ2) is 4.01. The number of hydrogen-bond donors (Lipinski definition) is 0. The molecule has 3 rings (SSSR count). The lowest BCUT2D eigenvalue weighted by Crippen LogP contribution is -1.97. The number of benzene rings is 1. The zero-order chi connectivity index (χ0) is 12.5. The van der Waals surface area contributed by atoms with Crippen molar-refractivity contribution in [2.75, 3.05) is 0 Å². The third kappa shape index (κ3) is 1.56. The molecule has 1 aromatic carbocycles. The van der Waals surface area contributed by atoms with Gasteiger partial charge in [0.1, 0.15) is 11.7 Å². The molecule has 2 aromatic heterocycles. The van der Waals surface area contributed by atoms with E-state index in [1.165, 1.54) is 0 Å². The molecule has 0 amide bonds. The Morgan fingerprint density at radius 2 is 2.11 bits per heavy atom. The van der Waals surface area contributed by atoms with Crippen molar-refractivity contribution in [2.45, 2.75) is 6.92 Å². The molecule has 2 heterocycles. The zero-order valence-corrected chi connectivity index (χ0v) is 9.96. The average Bonchev–Trinajstić information content (AvgIpc) is 2.82. The number of nitriles is 1. The molecule has 0 saturated carbocycles. The molecule has 0 aliphatic rings. The maximum absolute atomic E-state index is 9.20. The minimum atomic E-state index is 0.656. The van der Waals surface area contributed by atoms with Crippen molar-refractivity contribution in [3.63, 3.8) is 0 Å². The average molecular weight is 233 g/mol. The highest BCUT2D eigenvalue weighted by atomic mass is 15.0. The van der Waals surface area contributed by atoms with Gasteiger partial charge in [0.05, 0.1) is 11.3 Å². The van der Waals surface area contributed by atoms with E-state index < -0.39 is 0 Å². The highest BCUT2D eigenvalue weighted by molar-refractivity contribution is 5.78. The minimum Gasteiger partial charge on any atom is -0.300 e. The van der Waals surface area contributed by atoms with E-state index in [1.807, 2.05) is 54.1 Å². The van der Waals surface area contributed by atoms with Gasteiger partial charge in [0.15, 0.2) is 0 Å². The zero-order valence-electron chi connectivity index (χ0n) is 9.96. The fraction of sp³-hybridized carbons (Fsp3) is 0.0667. The van der Waals surface area contributed by atoms with Crippen molar-refractivity contribution in [3.8, 4) is 11.8 Å². The third-order valence-electron chi connectivity index (χ3n) is 2.98. The summed E-state index contributed by atoms with van der Waals surface area (Å²) in [6, 6.07) is 14.0. The normalized spacial score (nSPS) is 10.4. The van der Waals surface area contributed by atoms with E-state index in [4.69, 9.17) is 0 Å². The van der Waals surface area contributed by atoms with E-state index in [9.17, 15) is 5.26 Å². The highest BCUT2D eigenvalue weighted by Gasteiger charge is 2.08. The molecular formula is C15H11N3. The van der Waals surface area contributed by atoms with Gasteiger partial charge < -0.3 is 0 Å². The first kappa shape index (κ1) is 10.5. The lowest BCUT2D eigenvalue weighted by Gasteiger charge is -2.07. The Kier molecular flexibility index (Phi) is 2.35. The van der Waals surface area contributed by atoms with E-state index in [-0.39, 0.29) is 0 Å². The largest absolute Gasteiger partial charge is 0.300 e. The molecule has 86 valence electrons. The monoisotopic (exact) mass is 233 g/mol. The van der Waals surface area contributed by atoms with Gasteiger partial charge in [0.2, 0.25) is 0 Å². The molecule has 0 atom stereocenters. The van der Waals surface area contributed by atoms with Crippen molar-refractivity contribution in [2.24, 2.45) is 0 Å². The van der Waals surface area contributed by atoms with Gasteiger partial charge in [0, 0.05) is 17.8 Å². The Bertz CT molecular complexity index is 763. The Morgan fingerprint density at radius 1 is 1.22 bits per heavy atom. The Labute approximate surface area is 105 Å². The van der Waals surface area contributed by atoms with Gasteiger partial charge in [-0.3, -0.25) is 4.57 Å². The van der Waals surface area contributed by atoms with Crippen LogP contribution in [0.15, 0.2) is 48.8 Å². The molecule has 0 fully saturated rings. The summed E-state index contributed by atoms with van der Waals surface area (Å²) >= 11 is 0. The van der Waals surface area contributed by atoms with Crippen molar-refractivity contribution < 1.29 is 0 Å². The molecule has 18 heavy (non-hydrogen) atoms. The Hall–Kier alpha value is -2.60. The Morgan fingerprint density at radius 3 is 2.94 bits per heavy atom. The van der Waals surface area contributed by atoms with Gasteiger partial charge in [-0.25, -0.2) is 4.98 Å². The van der Waals surface area contributed by atoms with Gasteiger partial charge in [-0.1, -0.05) is 6.07 Å². The summed E-state index contributed by atoms with van der Waals surface area (Å²) in [6.07, 6.45) is 3.72. The first-order valence-electron chi connectivity index (χ1n) is 5.73. The van der Waals surface area contributed by atoms with Crippen LogP contribution in [0.25, 0.3) is 16.7 Å². The molecule has 3 aromatic rings. The van der Waals surface area contributed by atoms with E-state index in [0.29, 0.717) is 5.56 Å². The number of pyridine rings is 1. The van der Waals surface area contributed by atoms with E-state index in [2.05, 4.69) is 11.1 Å². The predicted molar refractivity (Wildman–Crippen MR) is 70.5 cm³/mol. The fourth-order valence-electron chi connectivity index (χ4n) is 2.10. The van der Waals surface area contributed by atoms with Crippen LogP contribution in [-0.2, 0) is 0 Å². The third-order valence-corrected chi connectivity index (χ3v) is 2.98. The van der Waals surface area contributed by atoms with Crippen LogP contribution in [0.4, 0.5) is 0 Å². The molecule has 3 heteroatoms. The summed E-state index contributed by atoms with van der Waals surface area (Å²) in [5.74, 6) is 0. The second-order valence-corrected chi connectivity index (χ2v) is 4.23. The molecule has 0 spiro atoms. The van der Waals surface area contributed by atoms with Crippen LogP contribution in [0.5, 0.6) is 0 Å². The van der Waals surface area contributed by atoms with Crippen LogP contribution in [0.1, 0.15) is 11.1 Å². The van der Waals surface area contributed by atoms with Gasteiger partial charge in [0.25, 0.3) is 0 Å². The van der Waals surface area contributed by atoms with Crippen molar-refractivity contribution in [1.29, 1.82) is 5.26 Å². The van der Waals surface area contributed by atoms with Gasteiger partial charge in [-0.15, -0.1) is 0 Å². The number of fused-ring (bicyclic) bond motifs is 1. The SMILES string of the molecule is Cc1ccc(C#N)c(-n2ccc3cccnc32)c1. The quantitative estimate of drug-likeness (QED) is 0.647. The lowest BCUT2D eigenvalue weighted by atomic mass is 10.1. The van der Waals surface area contributed by atoms with Crippen LogP contribution < -0.4 is 0 Å². The van der Waals surface area contributed by atoms with E-state index in [1.54, 1.807) is 6.20 Å². The van der Waals surface area contributed by atoms with Crippen molar-refractivity contribution >= 4 is 11.0 Å². The summed E-state index contributed by atoms with van der Waals surface area (Å²) in [4.78, 5) is 4.38. The van der Waals surface area contributed by atoms with Gasteiger partial charge in [-0.05, 0) is 42.8 Å².